The molecule has 3 aromatic carbocycles. The number of fused-ring (bicyclic) bond motifs is 1. The van der Waals surface area contributed by atoms with Gasteiger partial charge in [0, 0.05) is 17.7 Å². The van der Waals surface area contributed by atoms with Crippen LogP contribution in [-0.2, 0) is 9.47 Å². The van der Waals surface area contributed by atoms with E-state index in [4.69, 9.17) is 9.47 Å². The van der Waals surface area contributed by atoms with Gasteiger partial charge in [0.1, 0.15) is 0 Å². The maximum atomic E-state index is 13.1. The van der Waals surface area contributed by atoms with Gasteiger partial charge in [0.15, 0.2) is 6.61 Å². The van der Waals surface area contributed by atoms with Crippen molar-refractivity contribution in [1.29, 1.82) is 0 Å². The van der Waals surface area contributed by atoms with Gasteiger partial charge >= 0.3 is 11.9 Å². The summed E-state index contributed by atoms with van der Waals surface area (Å²) in [7, 11) is 0. The Kier molecular flexibility index (Phi) is 7.61. The molecule has 1 aliphatic rings. The van der Waals surface area contributed by atoms with Gasteiger partial charge in [-0.3, -0.25) is 24.5 Å². The standard InChI is InChI=1S/C28H22N2O9/c1-16(2)14-38-27(34)17-6-9-20(10-7-17)29-25(32)22-11-8-19(13-23(22)26(29)33)28(35)39-15-24(31)18-4-3-5-21(12-18)30(36)37/h3-13,16H,14-15H2,1-2H3. The van der Waals surface area contributed by atoms with Crippen LogP contribution in [0.25, 0.3) is 0 Å². The molecule has 0 aliphatic carbocycles. The van der Waals surface area contributed by atoms with Crippen molar-refractivity contribution in [3.8, 4) is 0 Å². The van der Waals surface area contributed by atoms with Crippen LogP contribution in [0.1, 0.15) is 65.6 Å². The number of ketones is 1. The van der Waals surface area contributed by atoms with Crippen LogP contribution < -0.4 is 4.90 Å². The lowest BCUT2D eigenvalue weighted by molar-refractivity contribution is -0.384. The van der Waals surface area contributed by atoms with Crippen molar-refractivity contribution in [2.75, 3.05) is 18.1 Å². The number of rotatable bonds is 9. The van der Waals surface area contributed by atoms with Crippen LogP contribution in [0.15, 0.2) is 66.7 Å². The van der Waals surface area contributed by atoms with E-state index in [9.17, 15) is 34.1 Å². The average molecular weight is 530 g/mol. The summed E-state index contributed by atoms with van der Waals surface area (Å²) < 4.78 is 10.2. The fourth-order valence-corrected chi connectivity index (χ4v) is 3.77. The van der Waals surface area contributed by atoms with E-state index in [0.29, 0.717) is 0 Å². The third-order valence-electron chi connectivity index (χ3n) is 5.74. The lowest BCUT2D eigenvalue weighted by Crippen LogP contribution is -2.29. The van der Waals surface area contributed by atoms with Crippen LogP contribution in [0.3, 0.4) is 0 Å². The summed E-state index contributed by atoms with van der Waals surface area (Å²) in [6.45, 7) is 3.39. The number of imide groups is 1. The molecule has 0 radical (unpaired) electrons. The van der Waals surface area contributed by atoms with Crippen LogP contribution >= 0.6 is 0 Å². The maximum absolute atomic E-state index is 13.1. The van der Waals surface area contributed by atoms with E-state index in [1.165, 1.54) is 60.7 Å². The van der Waals surface area contributed by atoms with Gasteiger partial charge in [0.2, 0.25) is 5.78 Å². The smallest absolute Gasteiger partial charge is 0.338 e. The fourth-order valence-electron chi connectivity index (χ4n) is 3.77. The lowest BCUT2D eigenvalue weighted by atomic mass is 10.1. The molecule has 0 fully saturated rings. The van der Waals surface area contributed by atoms with E-state index in [0.717, 1.165) is 11.0 Å². The minimum atomic E-state index is -0.917. The molecule has 0 saturated heterocycles. The number of nitro benzene ring substituents is 1. The Morgan fingerprint density at radius 3 is 2.13 bits per heavy atom. The summed E-state index contributed by atoms with van der Waals surface area (Å²) >= 11 is 0. The van der Waals surface area contributed by atoms with Crippen molar-refractivity contribution in [3.05, 3.63) is 105 Å². The van der Waals surface area contributed by atoms with Crippen molar-refractivity contribution < 1.29 is 38.4 Å². The molecule has 4 rings (SSSR count). The largest absolute Gasteiger partial charge is 0.462 e. The molecule has 0 atom stereocenters. The molecule has 0 saturated carbocycles. The molecule has 0 bridgehead atoms. The Bertz CT molecular complexity index is 1510. The number of hydrogen-bond acceptors (Lipinski definition) is 9. The fraction of sp³-hybridized carbons (Fsp3) is 0.179. The monoisotopic (exact) mass is 530 g/mol. The minimum absolute atomic E-state index is 0.00146. The zero-order chi connectivity index (χ0) is 28.3. The zero-order valence-electron chi connectivity index (χ0n) is 20.9. The Hall–Kier alpha value is -5.19. The first-order chi connectivity index (χ1) is 18.6. The third-order valence-corrected chi connectivity index (χ3v) is 5.74. The molecule has 1 heterocycles. The summed E-state index contributed by atoms with van der Waals surface area (Å²) in [4.78, 5) is 74.2. The van der Waals surface area contributed by atoms with E-state index in [-0.39, 0.29) is 51.7 Å². The number of Topliss-reactive ketones (excluding diaryl/α,β-unsaturated/α-hetero) is 1. The van der Waals surface area contributed by atoms with Gasteiger partial charge in [-0.1, -0.05) is 26.0 Å². The molecule has 11 heteroatoms. The van der Waals surface area contributed by atoms with Gasteiger partial charge in [-0.15, -0.1) is 0 Å². The highest BCUT2D eigenvalue weighted by Crippen LogP contribution is 2.29. The molecule has 0 spiro atoms. The molecule has 0 aromatic heterocycles. The number of nitrogens with zero attached hydrogens (tertiary/aromatic N) is 2. The van der Waals surface area contributed by atoms with Gasteiger partial charge in [0.25, 0.3) is 17.5 Å². The number of nitro groups is 1. The molecule has 0 N–H and O–H groups in total. The van der Waals surface area contributed by atoms with E-state index in [1.807, 2.05) is 13.8 Å². The average Bonchev–Trinajstić information content (AvgIpc) is 3.19. The molecule has 39 heavy (non-hydrogen) atoms. The number of non-ortho nitro benzene ring substituents is 1. The van der Waals surface area contributed by atoms with Crippen molar-refractivity contribution in [1.82, 2.24) is 0 Å². The maximum Gasteiger partial charge on any atom is 0.338 e. The van der Waals surface area contributed by atoms with Crippen molar-refractivity contribution in [2.45, 2.75) is 13.8 Å². The molecule has 2 amide bonds. The van der Waals surface area contributed by atoms with E-state index >= 15 is 0 Å². The minimum Gasteiger partial charge on any atom is -0.462 e. The number of ether oxygens (including phenoxy) is 2. The second kappa shape index (κ2) is 11.1. The molecule has 1 aliphatic heterocycles. The van der Waals surface area contributed by atoms with Gasteiger partial charge in [0.05, 0.1) is 39.5 Å². The Balaban J connectivity index is 1.45. The predicted octanol–water partition coefficient (Wildman–Crippen LogP) is 4.25. The van der Waals surface area contributed by atoms with Crippen LogP contribution in [0.4, 0.5) is 11.4 Å². The summed E-state index contributed by atoms with van der Waals surface area (Å²) in [5.41, 5.74) is 0.200. The van der Waals surface area contributed by atoms with E-state index in [2.05, 4.69) is 0 Å². The van der Waals surface area contributed by atoms with Crippen molar-refractivity contribution in [2.24, 2.45) is 5.92 Å². The molecular formula is C28H22N2O9. The normalized spacial score (nSPS) is 12.3. The number of hydrogen-bond donors (Lipinski definition) is 0. The number of esters is 2. The van der Waals surface area contributed by atoms with Gasteiger partial charge in [-0.2, -0.15) is 0 Å². The van der Waals surface area contributed by atoms with Crippen molar-refractivity contribution in [3.63, 3.8) is 0 Å². The van der Waals surface area contributed by atoms with Crippen molar-refractivity contribution >= 4 is 40.9 Å². The topological polar surface area (TPSA) is 150 Å². The number of anilines is 1. The summed E-state index contributed by atoms with van der Waals surface area (Å²) in [5, 5.41) is 10.9. The second-order valence-corrected chi connectivity index (χ2v) is 9.05. The van der Waals surface area contributed by atoms with Gasteiger partial charge < -0.3 is 9.47 Å². The first-order valence-electron chi connectivity index (χ1n) is 11.8. The number of amides is 2. The highest BCUT2D eigenvalue weighted by atomic mass is 16.6. The summed E-state index contributed by atoms with van der Waals surface area (Å²) in [6, 6.07) is 14.6. The third kappa shape index (κ3) is 5.72. The second-order valence-electron chi connectivity index (χ2n) is 9.05. The predicted molar refractivity (Wildman–Crippen MR) is 137 cm³/mol. The molecular weight excluding hydrogens is 508 g/mol. The zero-order valence-corrected chi connectivity index (χ0v) is 20.9. The van der Waals surface area contributed by atoms with Gasteiger partial charge in [-0.25, -0.2) is 14.5 Å². The molecule has 11 nitrogen and oxygen atoms in total. The number of benzene rings is 3. The Morgan fingerprint density at radius 2 is 1.46 bits per heavy atom. The van der Waals surface area contributed by atoms with Crippen LogP contribution in [0.2, 0.25) is 0 Å². The molecule has 0 unspecified atom stereocenters. The number of carbonyl (C=O) groups excluding carboxylic acids is 5. The Morgan fingerprint density at radius 1 is 0.821 bits per heavy atom. The summed E-state index contributed by atoms with van der Waals surface area (Å²) in [6.07, 6.45) is 0. The lowest BCUT2D eigenvalue weighted by Gasteiger charge is -2.14. The molecule has 198 valence electrons. The highest BCUT2D eigenvalue weighted by Gasteiger charge is 2.37. The van der Waals surface area contributed by atoms with Crippen LogP contribution in [0.5, 0.6) is 0 Å². The highest BCUT2D eigenvalue weighted by molar-refractivity contribution is 6.34. The SMILES string of the molecule is CC(C)COC(=O)c1ccc(N2C(=O)c3ccc(C(=O)OCC(=O)c4cccc([N+](=O)[O-])c4)cc3C2=O)cc1. The number of carbonyl (C=O) groups is 5. The Labute approximate surface area is 222 Å². The molecule has 3 aromatic rings. The van der Waals surface area contributed by atoms with Crippen LogP contribution in [0, 0.1) is 16.0 Å². The van der Waals surface area contributed by atoms with Crippen LogP contribution in [-0.4, -0.2) is 47.7 Å². The quantitative estimate of drug-likeness (QED) is 0.130. The van der Waals surface area contributed by atoms with E-state index < -0.39 is 41.1 Å². The first-order valence-corrected chi connectivity index (χ1v) is 11.8. The first kappa shape index (κ1) is 26.9. The van der Waals surface area contributed by atoms with Gasteiger partial charge in [-0.05, 0) is 48.4 Å². The summed E-state index contributed by atoms with van der Waals surface area (Å²) in [5.74, 6) is -3.20. The van der Waals surface area contributed by atoms with E-state index in [1.54, 1.807) is 0 Å².